The van der Waals surface area contributed by atoms with Crippen LogP contribution in [0.4, 0.5) is 0 Å². The van der Waals surface area contributed by atoms with Crippen LogP contribution in [0.15, 0.2) is 33.5 Å². The van der Waals surface area contributed by atoms with Gasteiger partial charge in [-0.2, -0.15) is 0 Å². The fourth-order valence-electron chi connectivity index (χ4n) is 2.97. The molecule has 1 atom stereocenters. The van der Waals surface area contributed by atoms with Crippen LogP contribution in [0.2, 0.25) is 0 Å². The first kappa shape index (κ1) is 16.5. The summed E-state index contributed by atoms with van der Waals surface area (Å²) in [5.41, 5.74) is 0.913. The number of ether oxygens (including phenoxy) is 1. The minimum atomic E-state index is -0.617. The molecule has 1 aromatic carbocycles. The van der Waals surface area contributed by atoms with E-state index in [0.717, 1.165) is 10.9 Å². The second kappa shape index (κ2) is 6.65. The second-order valence-corrected chi connectivity index (χ2v) is 6.22. The molecule has 0 spiro atoms. The lowest BCUT2D eigenvalue weighted by Crippen LogP contribution is -2.45. The highest BCUT2D eigenvalue weighted by atomic mass is 16.5. The molecule has 1 aromatic heterocycles. The SMILES string of the molecule is Cc1cc(=O)oc2ccc(OC(C)C(=O)N3CCC(O)CC3)cc12. The number of aryl methyl sites for hydroxylation is 1. The maximum absolute atomic E-state index is 12.4. The van der Waals surface area contributed by atoms with Gasteiger partial charge in [0.15, 0.2) is 6.10 Å². The molecule has 1 aliphatic rings. The van der Waals surface area contributed by atoms with Gasteiger partial charge in [-0.3, -0.25) is 4.79 Å². The highest BCUT2D eigenvalue weighted by Gasteiger charge is 2.26. The predicted molar refractivity (Wildman–Crippen MR) is 89.1 cm³/mol. The smallest absolute Gasteiger partial charge is 0.336 e. The van der Waals surface area contributed by atoms with Gasteiger partial charge in [-0.25, -0.2) is 4.79 Å². The Labute approximate surface area is 139 Å². The molecule has 3 rings (SSSR count). The maximum atomic E-state index is 12.4. The Balaban J connectivity index is 1.74. The number of amides is 1. The zero-order chi connectivity index (χ0) is 17.3. The van der Waals surface area contributed by atoms with Gasteiger partial charge >= 0.3 is 5.63 Å². The molecule has 6 heteroatoms. The van der Waals surface area contributed by atoms with Gasteiger partial charge in [-0.15, -0.1) is 0 Å². The summed E-state index contributed by atoms with van der Waals surface area (Å²) in [6.07, 6.45) is 0.274. The Kier molecular flexibility index (Phi) is 4.57. The molecule has 1 fully saturated rings. The van der Waals surface area contributed by atoms with Gasteiger partial charge in [0.25, 0.3) is 5.91 Å². The van der Waals surface area contributed by atoms with Gasteiger partial charge in [0, 0.05) is 24.5 Å². The van der Waals surface area contributed by atoms with Crippen LogP contribution >= 0.6 is 0 Å². The topological polar surface area (TPSA) is 80.0 Å². The van der Waals surface area contributed by atoms with E-state index in [4.69, 9.17) is 9.15 Å². The third kappa shape index (κ3) is 3.43. The average Bonchev–Trinajstić information content (AvgIpc) is 2.55. The fraction of sp³-hybridized carbons (Fsp3) is 0.444. The van der Waals surface area contributed by atoms with Crippen LogP contribution in [0.3, 0.4) is 0 Å². The highest BCUT2D eigenvalue weighted by Crippen LogP contribution is 2.23. The van der Waals surface area contributed by atoms with Gasteiger partial charge < -0.3 is 19.2 Å². The Morgan fingerprint density at radius 3 is 2.75 bits per heavy atom. The zero-order valence-corrected chi connectivity index (χ0v) is 13.8. The van der Waals surface area contributed by atoms with Crippen LogP contribution in [0, 0.1) is 6.92 Å². The molecule has 6 nitrogen and oxygen atoms in total. The van der Waals surface area contributed by atoms with E-state index in [9.17, 15) is 14.7 Å². The number of hydrogen-bond donors (Lipinski definition) is 1. The Morgan fingerprint density at radius 2 is 2.04 bits per heavy atom. The molecule has 1 unspecified atom stereocenters. The number of carbonyl (C=O) groups excluding carboxylic acids is 1. The van der Waals surface area contributed by atoms with E-state index in [2.05, 4.69) is 0 Å². The lowest BCUT2D eigenvalue weighted by Gasteiger charge is -2.31. The van der Waals surface area contributed by atoms with Gasteiger partial charge in [0.2, 0.25) is 0 Å². The number of piperidine rings is 1. The number of aliphatic hydroxyl groups is 1. The average molecular weight is 331 g/mol. The number of nitrogens with zero attached hydrogens (tertiary/aromatic N) is 1. The van der Waals surface area contributed by atoms with E-state index < -0.39 is 6.10 Å². The van der Waals surface area contributed by atoms with Crippen molar-refractivity contribution in [3.05, 3.63) is 40.2 Å². The molecule has 128 valence electrons. The zero-order valence-electron chi connectivity index (χ0n) is 13.8. The molecule has 1 N–H and O–H groups in total. The third-order valence-electron chi connectivity index (χ3n) is 4.36. The van der Waals surface area contributed by atoms with Gasteiger partial charge in [0.05, 0.1) is 6.10 Å². The van der Waals surface area contributed by atoms with Crippen molar-refractivity contribution < 1.29 is 19.1 Å². The minimum absolute atomic E-state index is 0.0849. The Hall–Kier alpha value is -2.34. The summed E-state index contributed by atoms with van der Waals surface area (Å²) in [7, 11) is 0. The standard InChI is InChI=1S/C18H21NO5/c1-11-9-17(21)24-16-4-3-14(10-15(11)16)23-12(2)18(22)19-7-5-13(20)6-8-19/h3-4,9-10,12-13,20H,5-8H2,1-2H3. The van der Waals surface area contributed by atoms with E-state index >= 15 is 0 Å². The van der Waals surface area contributed by atoms with E-state index in [0.29, 0.717) is 37.3 Å². The van der Waals surface area contributed by atoms with Crippen molar-refractivity contribution >= 4 is 16.9 Å². The molecular weight excluding hydrogens is 310 g/mol. The van der Waals surface area contributed by atoms with Crippen molar-refractivity contribution in [1.29, 1.82) is 0 Å². The van der Waals surface area contributed by atoms with Crippen LogP contribution in [0.25, 0.3) is 11.0 Å². The monoisotopic (exact) mass is 331 g/mol. The predicted octanol–water partition coefficient (Wildman–Crippen LogP) is 1.85. The van der Waals surface area contributed by atoms with Crippen LogP contribution < -0.4 is 10.4 Å². The number of aliphatic hydroxyl groups excluding tert-OH is 1. The van der Waals surface area contributed by atoms with Crippen LogP contribution in [-0.4, -0.2) is 41.2 Å². The number of likely N-dealkylation sites (tertiary alicyclic amines) is 1. The molecule has 1 amide bonds. The normalized spacial score (nSPS) is 17.0. The number of carbonyl (C=O) groups is 1. The highest BCUT2D eigenvalue weighted by molar-refractivity contribution is 5.83. The van der Waals surface area contributed by atoms with Crippen LogP contribution in [-0.2, 0) is 4.79 Å². The minimum Gasteiger partial charge on any atom is -0.481 e. The summed E-state index contributed by atoms with van der Waals surface area (Å²) in [5, 5.41) is 10.3. The molecule has 2 heterocycles. The van der Waals surface area contributed by atoms with Gasteiger partial charge in [-0.05, 0) is 50.5 Å². The molecule has 0 bridgehead atoms. The van der Waals surface area contributed by atoms with E-state index in [-0.39, 0.29) is 17.6 Å². The molecule has 2 aromatic rings. The summed E-state index contributed by atoms with van der Waals surface area (Å²) in [6, 6.07) is 6.57. The molecule has 0 aliphatic carbocycles. The largest absolute Gasteiger partial charge is 0.481 e. The Morgan fingerprint density at radius 1 is 1.33 bits per heavy atom. The van der Waals surface area contributed by atoms with Crippen molar-refractivity contribution in [3.63, 3.8) is 0 Å². The summed E-state index contributed by atoms with van der Waals surface area (Å²) >= 11 is 0. The first-order chi connectivity index (χ1) is 11.4. The summed E-state index contributed by atoms with van der Waals surface area (Å²) in [6.45, 7) is 4.65. The molecule has 1 saturated heterocycles. The number of fused-ring (bicyclic) bond motifs is 1. The van der Waals surface area contributed by atoms with Crippen LogP contribution in [0.1, 0.15) is 25.3 Å². The number of benzene rings is 1. The van der Waals surface area contributed by atoms with Crippen molar-refractivity contribution in [3.8, 4) is 5.75 Å². The van der Waals surface area contributed by atoms with Crippen molar-refractivity contribution in [2.45, 2.75) is 38.9 Å². The molecule has 0 radical (unpaired) electrons. The van der Waals surface area contributed by atoms with Crippen molar-refractivity contribution in [1.82, 2.24) is 4.90 Å². The van der Waals surface area contributed by atoms with E-state index in [1.807, 2.05) is 6.92 Å². The summed E-state index contributed by atoms with van der Waals surface area (Å²) < 4.78 is 10.9. The molecule has 1 aliphatic heterocycles. The van der Waals surface area contributed by atoms with E-state index in [1.165, 1.54) is 6.07 Å². The van der Waals surface area contributed by atoms with E-state index in [1.54, 1.807) is 30.0 Å². The number of hydrogen-bond acceptors (Lipinski definition) is 5. The number of rotatable bonds is 3. The van der Waals surface area contributed by atoms with Crippen molar-refractivity contribution in [2.24, 2.45) is 0 Å². The lowest BCUT2D eigenvalue weighted by atomic mass is 10.1. The fourth-order valence-corrected chi connectivity index (χ4v) is 2.97. The first-order valence-corrected chi connectivity index (χ1v) is 8.12. The Bertz CT molecular complexity index is 805. The summed E-state index contributed by atoms with van der Waals surface area (Å²) in [5.74, 6) is 0.468. The van der Waals surface area contributed by atoms with Gasteiger partial charge in [-0.1, -0.05) is 0 Å². The van der Waals surface area contributed by atoms with Gasteiger partial charge in [0.1, 0.15) is 11.3 Å². The quantitative estimate of drug-likeness (QED) is 0.868. The maximum Gasteiger partial charge on any atom is 0.336 e. The van der Waals surface area contributed by atoms with Crippen LogP contribution in [0.5, 0.6) is 5.75 Å². The molecule has 24 heavy (non-hydrogen) atoms. The molecule has 0 saturated carbocycles. The molecular formula is C18H21NO5. The summed E-state index contributed by atoms with van der Waals surface area (Å²) in [4.78, 5) is 25.6. The second-order valence-electron chi connectivity index (χ2n) is 6.22. The lowest BCUT2D eigenvalue weighted by molar-refractivity contribution is -0.139. The van der Waals surface area contributed by atoms with Crippen molar-refractivity contribution in [2.75, 3.05) is 13.1 Å². The third-order valence-corrected chi connectivity index (χ3v) is 4.36. The first-order valence-electron chi connectivity index (χ1n) is 8.12.